The summed E-state index contributed by atoms with van der Waals surface area (Å²) in [5.74, 6) is 1.07. The maximum absolute atomic E-state index is 6.46. The monoisotopic (exact) mass is 581 g/mol. The van der Waals surface area contributed by atoms with Crippen molar-refractivity contribution in [1.29, 1.82) is 0 Å². The minimum atomic E-state index is 0.406. The molecule has 0 amide bonds. The number of halogens is 1. The van der Waals surface area contributed by atoms with Crippen LogP contribution in [-0.2, 0) is 0 Å². The first-order valence-corrected chi connectivity index (χ1v) is 15.2. The maximum Gasteiger partial charge on any atom is 0.228 e. The van der Waals surface area contributed by atoms with Crippen molar-refractivity contribution in [3.63, 3.8) is 0 Å². The molecule has 7 rings (SSSR count). The molecule has 1 aliphatic heterocycles. The zero-order chi connectivity index (χ0) is 28.8. The van der Waals surface area contributed by atoms with Crippen molar-refractivity contribution in [3.05, 3.63) is 65.7 Å². The van der Waals surface area contributed by atoms with Crippen molar-refractivity contribution < 1.29 is 0 Å². The molecule has 9 nitrogen and oxygen atoms in total. The van der Waals surface area contributed by atoms with Crippen LogP contribution in [-0.4, -0.2) is 73.6 Å². The van der Waals surface area contributed by atoms with Crippen LogP contribution in [0.4, 0.5) is 17.5 Å². The second-order valence-corrected chi connectivity index (χ2v) is 12.1. The quantitative estimate of drug-likeness (QED) is 0.258. The first-order valence-electron chi connectivity index (χ1n) is 14.8. The molecule has 0 radical (unpaired) electrons. The average molecular weight is 582 g/mol. The summed E-state index contributed by atoms with van der Waals surface area (Å²) in [6.07, 6.45) is 8.54. The minimum absolute atomic E-state index is 0.406. The van der Waals surface area contributed by atoms with E-state index < -0.39 is 0 Å². The van der Waals surface area contributed by atoms with E-state index in [0.717, 1.165) is 57.3 Å². The summed E-state index contributed by atoms with van der Waals surface area (Å²) in [6, 6.07) is 15.1. The van der Waals surface area contributed by atoms with E-state index in [1.54, 1.807) is 6.33 Å². The van der Waals surface area contributed by atoms with Gasteiger partial charge in [-0.3, -0.25) is 4.90 Å². The lowest BCUT2D eigenvalue weighted by molar-refractivity contribution is 0.0828. The van der Waals surface area contributed by atoms with Gasteiger partial charge in [-0.05, 0) is 75.5 Å². The summed E-state index contributed by atoms with van der Waals surface area (Å²) < 4.78 is 2.35. The Hall–Kier alpha value is -3.79. The number of nitrogens with zero attached hydrogens (tertiary/aromatic N) is 7. The number of piperazine rings is 1. The number of nitrogen functional groups attached to an aromatic ring is 1. The lowest BCUT2D eigenvalue weighted by atomic mass is 9.89. The number of rotatable bonds is 5. The highest BCUT2D eigenvalue weighted by molar-refractivity contribution is 6.31. The number of fused-ring (bicyclic) bond motifs is 2. The Morgan fingerprint density at radius 1 is 0.905 bits per heavy atom. The lowest BCUT2D eigenvalue weighted by Gasteiger charge is -2.41. The molecule has 5 aromatic rings. The van der Waals surface area contributed by atoms with Gasteiger partial charge in [-0.2, -0.15) is 0 Å². The Balaban J connectivity index is 1.12. The number of anilines is 3. The molecule has 4 heterocycles. The van der Waals surface area contributed by atoms with Crippen LogP contribution in [0.25, 0.3) is 33.1 Å². The van der Waals surface area contributed by atoms with E-state index in [0.29, 0.717) is 28.9 Å². The Bertz CT molecular complexity index is 1730. The van der Waals surface area contributed by atoms with Gasteiger partial charge < -0.3 is 20.5 Å². The van der Waals surface area contributed by atoms with E-state index in [2.05, 4.69) is 60.0 Å². The molecule has 1 saturated carbocycles. The number of nitrogens with two attached hydrogens (primary N) is 1. The molecule has 3 aromatic heterocycles. The third kappa shape index (κ3) is 5.17. The molecule has 0 spiro atoms. The van der Waals surface area contributed by atoms with Crippen LogP contribution in [0.15, 0.2) is 55.0 Å². The largest absolute Gasteiger partial charge is 0.383 e. The highest BCUT2D eigenvalue weighted by atomic mass is 35.5. The molecule has 3 N–H and O–H groups in total. The van der Waals surface area contributed by atoms with Gasteiger partial charge in [0.05, 0.1) is 16.6 Å². The molecule has 0 unspecified atom stereocenters. The molecular formula is C32H36ClN9. The van der Waals surface area contributed by atoms with E-state index in [9.17, 15) is 0 Å². The van der Waals surface area contributed by atoms with Crippen LogP contribution < -0.4 is 11.1 Å². The third-order valence-electron chi connectivity index (χ3n) is 9.05. The summed E-state index contributed by atoms with van der Waals surface area (Å²) in [7, 11) is 2.22. The molecule has 1 aliphatic carbocycles. The fourth-order valence-corrected chi connectivity index (χ4v) is 6.84. The summed E-state index contributed by atoms with van der Waals surface area (Å²) in [4.78, 5) is 23.5. The zero-order valence-corrected chi connectivity index (χ0v) is 24.8. The van der Waals surface area contributed by atoms with Crippen molar-refractivity contribution in [2.75, 3.05) is 44.3 Å². The number of hydrogen-bond acceptors (Lipinski definition) is 8. The molecular weight excluding hydrogens is 546 g/mol. The molecule has 42 heavy (non-hydrogen) atoms. The van der Waals surface area contributed by atoms with Crippen LogP contribution >= 0.6 is 11.6 Å². The fourth-order valence-electron chi connectivity index (χ4n) is 6.67. The number of aryl methyl sites for hydroxylation is 1. The molecule has 2 fully saturated rings. The summed E-state index contributed by atoms with van der Waals surface area (Å²) in [5.41, 5.74) is 12.1. The van der Waals surface area contributed by atoms with Crippen LogP contribution in [0.3, 0.4) is 0 Å². The van der Waals surface area contributed by atoms with Gasteiger partial charge in [0.2, 0.25) is 5.95 Å². The van der Waals surface area contributed by atoms with Crippen LogP contribution in [0.1, 0.15) is 37.4 Å². The Kier molecular flexibility index (Phi) is 7.17. The van der Waals surface area contributed by atoms with Gasteiger partial charge >= 0.3 is 0 Å². The Morgan fingerprint density at radius 3 is 2.40 bits per heavy atom. The molecule has 216 valence electrons. The van der Waals surface area contributed by atoms with Crippen LogP contribution in [0, 0.1) is 6.92 Å². The lowest BCUT2D eigenvalue weighted by Crippen LogP contribution is -2.49. The zero-order valence-electron chi connectivity index (χ0n) is 24.1. The topological polar surface area (TPSA) is 101 Å². The van der Waals surface area contributed by atoms with Gasteiger partial charge in [0.25, 0.3) is 0 Å². The highest BCUT2D eigenvalue weighted by Gasteiger charge is 2.30. The Morgan fingerprint density at radius 2 is 1.64 bits per heavy atom. The van der Waals surface area contributed by atoms with Gasteiger partial charge in [-0.15, -0.1) is 0 Å². The summed E-state index contributed by atoms with van der Waals surface area (Å²) in [6.45, 7) is 6.66. The first kappa shape index (κ1) is 27.1. The van der Waals surface area contributed by atoms with E-state index >= 15 is 0 Å². The van der Waals surface area contributed by atoms with Crippen molar-refractivity contribution in [2.24, 2.45) is 0 Å². The molecule has 1 saturated heterocycles. The molecule has 2 aliphatic rings. The molecule has 10 heteroatoms. The van der Waals surface area contributed by atoms with Gasteiger partial charge in [-0.1, -0.05) is 23.7 Å². The number of likely N-dealkylation sites (N-methyl/N-ethyl adjacent to an activating group) is 1. The number of nitrogens with one attached hydrogen (secondary N) is 1. The molecule has 0 atom stereocenters. The average Bonchev–Trinajstić information content (AvgIpc) is 3.40. The van der Waals surface area contributed by atoms with E-state index in [-0.39, 0.29) is 0 Å². The van der Waals surface area contributed by atoms with Gasteiger partial charge in [0.1, 0.15) is 17.8 Å². The number of hydrogen-bond donors (Lipinski definition) is 2. The van der Waals surface area contributed by atoms with Gasteiger partial charge in [0, 0.05) is 66.1 Å². The van der Waals surface area contributed by atoms with E-state index in [4.69, 9.17) is 22.3 Å². The SMILES string of the molecule is Cc1nc(Nc2ccc(-c3cn([C@H]4CC[C@@H](N5CCN(C)CC5)CC4)c4ncnc(N)c34)cc2)nc2ccc(Cl)cc12. The second kappa shape index (κ2) is 11.1. The third-order valence-corrected chi connectivity index (χ3v) is 9.29. The van der Waals surface area contributed by atoms with Gasteiger partial charge in [-0.25, -0.2) is 19.9 Å². The molecule has 2 aromatic carbocycles. The van der Waals surface area contributed by atoms with Crippen LogP contribution in [0.2, 0.25) is 5.02 Å². The standard InChI is InChI=1S/C32H36ClN9/c1-20-26-17-22(33)5-12-28(26)39-32(37-20)38-23-6-3-21(4-7-23)27-18-42(31-29(27)30(34)35-19-36-31)25-10-8-24(9-11-25)41-15-13-40(2)14-16-41/h3-7,12,17-19,24-25H,8-11,13-16H2,1-2H3,(H2,34,35,36)(H,37,38,39)/t24-,25+. The fraction of sp³-hybridized carbons (Fsp3) is 0.375. The van der Waals surface area contributed by atoms with Gasteiger partial charge in [0.15, 0.2) is 0 Å². The molecule has 0 bridgehead atoms. The van der Waals surface area contributed by atoms with Crippen molar-refractivity contribution in [2.45, 2.75) is 44.7 Å². The summed E-state index contributed by atoms with van der Waals surface area (Å²) in [5, 5.41) is 5.90. The number of benzene rings is 2. The first-order chi connectivity index (χ1) is 20.4. The van der Waals surface area contributed by atoms with Crippen LogP contribution in [0.5, 0.6) is 0 Å². The van der Waals surface area contributed by atoms with Crippen molar-refractivity contribution in [1.82, 2.24) is 34.3 Å². The smallest absolute Gasteiger partial charge is 0.228 e. The number of aromatic nitrogens is 5. The normalized spacial score (nSPS) is 20.4. The predicted octanol–water partition coefficient (Wildman–Crippen LogP) is 6.06. The van der Waals surface area contributed by atoms with Crippen molar-refractivity contribution in [3.8, 4) is 11.1 Å². The second-order valence-electron chi connectivity index (χ2n) is 11.7. The van der Waals surface area contributed by atoms with E-state index in [1.165, 1.54) is 39.0 Å². The Labute approximate surface area is 250 Å². The van der Waals surface area contributed by atoms with E-state index in [1.807, 2.05) is 37.3 Å². The summed E-state index contributed by atoms with van der Waals surface area (Å²) >= 11 is 6.16. The predicted molar refractivity (Wildman–Crippen MR) is 170 cm³/mol. The minimum Gasteiger partial charge on any atom is -0.383 e. The van der Waals surface area contributed by atoms with Crippen molar-refractivity contribution >= 4 is 51.0 Å². The highest BCUT2D eigenvalue weighted by Crippen LogP contribution is 2.39. The maximum atomic E-state index is 6.46.